The maximum Gasteiger partial charge on any atom is 0.353 e. The van der Waals surface area contributed by atoms with E-state index in [0.29, 0.717) is 11.1 Å². The van der Waals surface area contributed by atoms with Gasteiger partial charge in [0, 0.05) is 12.6 Å². The van der Waals surface area contributed by atoms with Gasteiger partial charge in [0.15, 0.2) is 6.23 Å². The van der Waals surface area contributed by atoms with Gasteiger partial charge in [-0.3, -0.25) is 4.57 Å². The van der Waals surface area contributed by atoms with Gasteiger partial charge in [-0.05, 0) is 12.5 Å². The summed E-state index contributed by atoms with van der Waals surface area (Å²) in [5, 5.41) is 39.8. The van der Waals surface area contributed by atoms with E-state index >= 15 is 0 Å². The number of aliphatic hydroxyl groups excluding tert-OH is 4. The van der Waals surface area contributed by atoms with Gasteiger partial charge in [0.05, 0.1) is 12.0 Å². The van der Waals surface area contributed by atoms with Crippen LogP contribution in [-0.4, -0.2) is 61.0 Å². The fraction of sp³-hybridized carbons (Fsp3) is 0.647. The SMILES string of the molecule is CCCCCc1cc2cn([C@@H]3O[C@H](CO)[C@@H](O)[C@H](O)[C@H]3O)c(=O)nc2o1. The first kappa shape index (κ1) is 19.0. The lowest BCUT2D eigenvalue weighted by Gasteiger charge is -2.40. The highest BCUT2D eigenvalue weighted by Gasteiger charge is 2.44. The molecular weight excluding hydrogens is 344 g/mol. The summed E-state index contributed by atoms with van der Waals surface area (Å²) in [5.74, 6) is 0.715. The molecule has 0 aliphatic carbocycles. The minimum atomic E-state index is -1.57. The molecule has 1 fully saturated rings. The molecule has 1 saturated heterocycles. The molecule has 2 aromatic heterocycles. The Labute approximate surface area is 149 Å². The highest BCUT2D eigenvalue weighted by atomic mass is 16.6. The molecule has 9 heteroatoms. The number of aromatic nitrogens is 2. The van der Waals surface area contributed by atoms with E-state index in [2.05, 4.69) is 11.9 Å². The van der Waals surface area contributed by atoms with Crippen molar-refractivity contribution in [2.45, 2.75) is 63.3 Å². The summed E-state index contributed by atoms with van der Waals surface area (Å²) in [4.78, 5) is 16.2. The normalized spacial score (nSPS) is 29.3. The predicted octanol–water partition coefficient (Wildman–Crippen LogP) is -0.305. The average Bonchev–Trinajstić information content (AvgIpc) is 3.01. The third kappa shape index (κ3) is 3.53. The van der Waals surface area contributed by atoms with Crippen molar-refractivity contribution >= 4 is 11.1 Å². The van der Waals surface area contributed by atoms with Crippen LogP contribution < -0.4 is 5.69 Å². The Morgan fingerprint density at radius 1 is 1.19 bits per heavy atom. The largest absolute Gasteiger partial charge is 0.443 e. The van der Waals surface area contributed by atoms with E-state index in [1.165, 1.54) is 6.20 Å². The minimum Gasteiger partial charge on any atom is -0.443 e. The number of aryl methyl sites for hydroxylation is 1. The molecule has 1 aliphatic rings. The van der Waals surface area contributed by atoms with Crippen LogP contribution in [0.15, 0.2) is 21.5 Å². The summed E-state index contributed by atoms with van der Waals surface area (Å²) >= 11 is 0. The molecule has 9 nitrogen and oxygen atoms in total. The molecule has 4 N–H and O–H groups in total. The second-order valence-corrected chi connectivity index (χ2v) is 6.58. The Morgan fingerprint density at radius 2 is 1.96 bits per heavy atom. The molecule has 1 aliphatic heterocycles. The van der Waals surface area contributed by atoms with E-state index in [4.69, 9.17) is 9.15 Å². The van der Waals surface area contributed by atoms with Crippen molar-refractivity contribution in [3.05, 3.63) is 28.5 Å². The molecular formula is C17H24N2O7. The molecule has 0 unspecified atom stereocenters. The number of fused-ring (bicyclic) bond motifs is 1. The zero-order valence-electron chi connectivity index (χ0n) is 14.5. The first-order valence-electron chi connectivity index (χ1n) is 8.78. The summed E-state index contributed by atoms with van der Waals surface area (Å²) in [6.45, 7) is 1.53. The first-order chi connectivity index (χ1) is 12.5. The van der Waals surface area contributed by atoms with Crippen molar-refractivity contribution < 1.29 is 29.6 Å². The standard InChI is InChI=1S/C17H24N2O7/c1-2-3-4-5-10-6-9-7-19(17(24)18-15(9)25-10)16-14(23)13(22)12(21)11(8-20)26-16/h6-7,11-14,16,20-23H,2-5,8H2,1H3/t11-,12-,13+,14-,16-/m1/s1. The van der Waals surface area contributed by atoms with Crippen LogP contribution in [0.1, 0.15) is 38.2 Å². The predicted molar refractivity (Wildman–Crippen MR) is 90.5 cm³/mol. The second kappa shape index (κ2) is 7.85. The molecule has 0 aromatic carbocycles. The molecule has 0 amide bonds. The van der Waals surface area contributed by atoms with Gasteiger partial charge in [0.2, 0.25) is 5.71 Å². The lowest BCUT2D eigenvalue weighted by molar-refractivity contribution is -0.252. The fourth-order valence-electron chi connectivity index (χ4n) is 3.14. The lowest BCUT2D eigenvalue weighted by atomic mass is 9.98. The number of furan rings is 1. The van der Waals surface area contributed by atoms with Gasteiger partial charge in [0.25, 0.3) is 0 Å². The average molecular weight is 368 g/mol. The molecule has 5 atom stereocenters. The van der Waals surface area contributed by atoms with E-state index in [0.717, 1.165) is 30.3 Å². The summed E-state index contributed by atoms with van der Waals surface area (Å²) < 4.78 is 12.0. The molecule has 0 radical (unpaired) electrons. The molecule has 3 heterocycles. The van der Waals surface area contributed by atoms with Crippen molar-refractivity contribution in [1.29, 1.82) is 0 Å². The van der Waals surface area contributed by atoms with E-state index in [1.807, 2.05) is 0 Å². The van der Waals surface area contributed by atoms with E-state index in [1.54, 1.807) is 6.07 Å². The third-order valence-corrected chi connectivity index (χ3v) is 4.66. The second-order valence-electron chi connectivity index (χ2n) is 6.58. The fourth-order valence-corrected chi connectivity index (χ4v) is 3.14. The Bertz CT molecular complexity index is 800. The third-order valence-electron chi connectivity index (χ3n) is 4.66. The maximum atomic E-state index is 12.3. The highest BCUT2D eigenvalue weighted by molar-refractivity contribution is 5.72. The van der Waals surface area contributed by atoms with E-state index < -0.39 is 42.9 Å². The smallest absolute Gasteiger partial charge is 0.353 e. The molecule has 2 aromatic rings. The topological polar surface area (TPSA) is 138 Å². The quantitative estimate of drug-likeness (QED) is 0.510. The van der Waals surface area contributed by atoms with Crippen LogP contribution in [0.3, 0.4) is 0 Å². The Kier molecular flexibility index (Phi) is 5.73. The van der Waals surface area contributed by atoms with Crippen molar-refractivity contribution in [1.82, 2.24) is 9.55 Å². The number of unbranched alkanes of at least 4 members (excludes halogenated alkanes) is 2. The van der Waals surface area contributed by atoms with Gasteiger partial charge in [-0.1, -0.05) is 19.8 Å². The number of hydrogen-bond acceptors (Lipinski definition) is 8. The molecule has 0 saturated carbocycles. The number of ether oxygens (including phenoxy) is 1. The van der Waals surface area contributed by atoms with Crippen LogP contribution >= 0.6 is 0 Å². The van der Waals surface area contributed by atoms with Gasteiger partial charge in [0.1, 0.15) is 30.2 Å². The van der Waals surface area contributed by atoms with Gasteiger partial charge >= 0.3 is 5.69 Å². The van der Waals surface area contributed by atoms with Gasteiger partial charge in [-0.15, -0.1) is 0 Å². The maximum absolute atomic E-state index is 12.3. The zero-order valence-corrected chi connectivity index (χ0v) is 14.5. The summed E-state index contributed by atoms with van der Waals surface area (Å²) in [7, 11) is 0. The summed E-state index contributed by atoms with van der Waals surface area (Å²) in [5.41, 5.74) is -0.529. The summed E-state index contributed by atoms with van der Waals surface area (Å²) in [6.07, 6.45) is -1.71. The van der Waals surface area contributed by atoms with Crippen molar-refractivity contribution in [2.75, 3.05) is 6.61 Å². The molecule has 144 valence electrons. The highest BCUT2D eigenvalue weighted by Crippen LogP contribution is 2.28. The Morgan fingerprint density at radius 3 is 2.65 bits per heavy atom. The zero-order chi connectivity index (χ0) is 18.8. The van der Waals surface area contributed by atoms with Crippen LogP contribution in [0.2, 0.25) is 0 Å². The Balaban J connectivity index is 1.91. The monoisotopic (exact) mass is 368 g/mol. The summed E-state index contributed by atoms with van der Waals surface area (Å²) in [6, 6.07) is 1.78. The van der Waals surface area contributed by atoms with Crippen LogP contribution in [0, 0.1) is 0 Å². The van der Waals surface area contributed by atoms with Crippen LogP contribution in [-0.2, 0) is 11.2 Å². The van der Waals surface area contributed by atoms with E-state index in [-0.39, 0.29) is 5.71 Å². The van der Waals surface area contributed by atoms with Gasteiger partial charge in [-0.25, -0.2) is 4.79 Å². The number of nitrogens with zero attached hydrogens (tertiary/aromatic N) is 2. The van der Waals surface area contributed by atoms with Crippen molar-refractivity contribution in [3.63, 3.8) is 0 Å². The number of hydrogen-bond donors (Lipinski definition) is 4. The van der Waals surface area contributed by atoms with Crippen molar-refractivity contribution in [3.8, 4) is 0 Å². The molecule has 26 heavy (non-hydrogen) atoms. The Hall–Kier alpha value is -1.78. The minimum absolute atomic E-state index is 0.197. The number of rotatable bonds is 6. The van der Waals surface area contributed by atoms with Crippen molar-refractivity contribution in [2.24, 2.45) is 0 Å². The number of aliphatic hydroxyl groups is 4. The molecule has 0 bridgehead atoms. The van der Waals surface area contributed by atoms with Crippen LogP contribution in [0.5, 0.6) is 0 Å². The lowest BCUT2D eigenvalue weighted by Crippen LogP contribution is -2.57. The molecule has 0 spiro atoms. The first-order valence-corrected chi connectivity index (χ1v) is 8.78. The van der Waals surface area contributed by atoms with Gasteiger partial charge < -0.3 is 29.6 Å². The van der Waals surface area contributed by atoms with Gasteiger partial charge in [-0.2, -0.15) is 4.98 Å². The molecule has 3 rings (SSSR count). The van der Waals surface area contributed by atoms with E-state index in [9.17, 15) is 25.2 Å². The van der Waals surface area contributed by atoms with Crippen LogP contribution in [0.4, 0.5) is 0 Å². The van der Waals surface area contributed by atoms with Crippen LogP contribution in [0.25, 0.3) is 11.1 Å².